The Balaban J connectivity index is 1.42. The number of rotatable bonds is 5. The van der Waals surface area contributed by atoms with Gasteiger partial charge in [0.1, 0.15) is 15.7 Å². The maximum atomic E-state index is 13.8. The Labute approximate surface area is 213 Å². The van der Waals surface area contributed by atoms with Crippen LogP contribution in [-0.4, -0.2) is 40.9 Å². The molecule has 3 aromatic rings. The SMILES string of the molecule is CN=S(=O)(N[C@H]1CCC[C@H](N2c3ccccc3Oc3ccccc32)[C@@H]1O)c1ccc(OC(F)(F)F)cc1. The fraction of sp³-hybridized carbons (Fsp3) is 0.308. The first kappa shape index (κ1) is 25.4. The van der Waals surface area contributed by atoms with Crippen molar-refractivity contribution in [3.05, 3.63) is 72.8 Å². The summed E-state index contributed by atoms with van der Waals surface area (Å²) in [4.78, 5) is 2.27. The molecule has 0 amide bonds. The Hall–Kier alpha value is -3.28. The smallest absolute Gasteiger partial charge is 0.453 e. The number of halogens is 3. The molecule has 3 aromatic carbocycles. The van der Waals surface area contributed by atoms with E-state index in [0.29, 0.717) is 24.3 Å². The zero-order valence-corrected chi connectivity index (χ0v) is 20.7. The number of nitrogens with one attached hydrogen (secondary N) is 1. The van der Waals surface area contributed by atoms with E-state index < -0.39 is 34.2 Å². The van der Waals surface area contributed by atoms with Crippen LogP contribution in [0.5, 0.6) is 17.2 Å². The van der Waals surface area contributed by atoms with Crippen LogP contribution in [0.25, 0.3) is 0 Å². The van der Waals surface area contributed by atoms with Gasteiger partial charge in [-0.05, 0) is 67.8 Å². The van der Waals surface area contributed by atoms with Crippen LogP contribution in [0.3, 0.4) is 0 Å². The normalized spacial score (nSPS) is 22.7. The first-order chi connectivity index (χ1) is 17.7. The minimum absolute atomic E-state index is 0.195. The minimum atomic E-state index is -4.83. The Morgan fingerprint density at radius 1 is 1.00 bits per heavy atom. The van der Waals surface area contributed by atoms with Crippen LogP contribution in [0, 0.1) is 0 Å². The third-order valence-electron chi connectivity index (χ3n) is 6.57. The summed E-state index contributed by atoms with van der Waals surface area (Å²) in [5.41, 5.74) is 1.65. The van der Waals surface area contributed by atoms with Crippen molar-refractivity contribution < 1.29 is 32.0 Å². The van der Waals surface area contributed by atoms with Crippen LogP contribution in [0.1, 0.15) is 19.3 Å². The second kappa shape index (κ2) is 9.88. The van der Waals surface area contributed by atoms with Crippen molar-refractivity contribution in [3.8, 4) is 17.2 Å². The van der Waals surface area contributed by atoms with Gasteiger partial charge < -0.3 is 19.5 Å². The number of aliphatic hydroxyl groups is 1. The van der Waals surface area contributed by atoms with E-state index in [1.54, 1.807) is 0 Å². The largest absolute Gasteiger partial charge is 0.573 e. The molecule has 1 heterocycles. The molecule has 7 nitrogen and oxygen atoms in total. The van der Waals surface area contributed by atoms with Gasteiger partial charge in [0.05, 0.1) is 28.4 Å². The van der Waals surface area contributed by atoms with E-state index in [4.69, 9.17) is 4.74 Å². The predicted octanol–water partition coefficient (Wildman–Crippen LogP) is 5.77. The molecule has 2 N–H and O–H groups in total. The minimum Gasteiger partial charge on any atom is -0.453 e. The predicted molar refractivity (Wildman–Crippen MR) is 134 cm³/mol. The average molecular weight is 534 g/mol. The number of hydrogen-bond donors (Lipinski definition) is 2. The lowest BCUT2D eigenvalue weighted by atomic mass is 9.86. The van der Waals surface area contributed by atoms with Crippen molar-refractivity contribution in [3.63, 3.8) is 0 Å². The molecule has 2 aliphatic rings. The first-order valence-electron chi connectivity index (χ1n) is 11.8. The molecule has 4 atom stereocenters. The van der Waals surface area contributed by atoms with Gasteiger partial charge in [-0.3, -0.25) is 0 Å². The van der Waals surface area contributed by atoms with Crippen LogP contribution in [0.15, 0.2) is 82.1 Å². The lowest BCUT2D eigenvalue weighted by molar-refractivity contribution is -0.274. The summed E-state index contributed by atoms with van der Waals surface area (Å²) in [6.45, 7) is 0. The Morgan fingerprint density at radius 2 is 1.59 bits per heavy atom. The van der Waals surface area contributed by atoms with Crippen molar-refractivity contribution in [2.75, 3.05) is 11.9 Å². The molecule has 0 aromatic heterocycles. The molecule has 0 radical (unpaired) electrons. The fourth-order valence-corrected chi connectivity index (χ4v) is 6.54. The number of anilines is 2. The van der Waals surface area contributed by atoms with Gasteiger partial charge in [0.15, 0.2) is 11.5 Å². The van der Waals surface area contributed by atoms with Gasteiger partial charge in [-0.2, -0.15) is 0 Å². The third-order valence-corrected chi connectivity index (χ3v) is 8.62. The molecule has 1 aliphatic carbocycles. The van der Waals surface area contributed by atoms with Crippen molar-refractivity contribution in [1.29, 1.82) is 0 Å². The van der Waals surface area contributed by atoms with Gasteiger partial charge in [-0.25, -0.2) is 13.3 Å². The molecule has 1 aliphatic heterocycles. The fourth-order valence-electron chi connectivity index (χ4n) is 4.91. The summed E-state index contributed by atoms with van der Waals surface area (Å²) >= 11 is 0. The highest BCUT2D eigenvalue weighted by molar-refractivity contribution is 7.91. The van der Waals surface area contributed by atoms with Crippen molar-refractivity contribution in [2.24, 2.45) is 4.36 Å². The molecular weight excluding hydrogens is 507 g/mol. The molecule has 1 unspecified atom stereocenters. The number of nitrogens with zero attached hydrogens (tertiary/aromatic N) is 2. The summed E-state index contributed by atoms with van der Waals surface area (Å²) in [6, 6.07) is 19.0. The highest BCUT2D eigenvalue weighted by Crippen LogP contribution is 2.49. The molecule has 1 fully saturated rings. The topological polar surface area (TPSA) is 83.4 Å². The van der Waals surface area contributed by atoms with Crippen molar-refractivity contribution in [1.82, 2.24) is 4.72 Å². The van der Waals surface area contributed by atoms with Crippen LogP contribution < -0.4 is 19.1 Å². The van der Waals surface area contributed by atoms with Crippen LogP contribution in [0.4, 0.5) is 24.5 Å². The van der Waals surface area contributed by atoms with E-state index in [-0.39, 0.29) is 10.9 Å². The number of alkyl halides is 3. The molecule has 1 saturated carbocycles. The van der Waals surface area contributed by atoms with Crippen molar-refractivity contribution >= 4 is 21.3 Å². The standard InChI is InChI=1S/C26H26F3N3O4S/c1-30-37(34,18-15-13-17(14-16-18)36-26(27,28)29)31-19-7-6-10-22(25(19)33)32-20-8-2-4-11-23(20)35-24-12-5-3-9-21(24)32/h2-5,8-9,11-16,19,22,25,33H,6-7,10H2,1H3,(H,30,31,34)/t19-,22-,25+,37?/m0/s1. The lowest BCUT2D eigenvalue weighted by Gasteiger charge is -2.45. The average Bonchev–Trinajstić information content (AvgIpc) is 2.88. The van der Waals surface area contributed by atoms with E-state index in [1.807, 2.05) is 48.5 Å². The van der Waals surface area contributed by atoms with Crippen molar-refractivity contribution in [2.45, 2.75) is 48.7 Å². The van der Waals surface area contributed by atoms with Gasteiger partial charge in [0.2, 0.25) is 0 Å². The monoisotopic (exact) mass is 533 g/mol. The van der Waals surface area contributed by atoms with Gasteiger partial charge in [-0.1, -0.05) is 24.3 Å². The van der Waals surface area contributed by atoms with Crippen LogP contribution in [-0.2, 0) is 9.92 Å². The maximum Gasteiger partial charge on any atom is 0.573 e. The molecule has 0 saturated heterocycles. The summed E-state index contributed by atoms with van der Waals surface area (Å²) in [5.74, 6) is 0.936. The van der Waals surface area contributed by atoms with E-state index in [0.717, 1.165) is 29.9 Å². The number of fused-ring (bicyclic) bond motifs is 2. The number of aliphatic hydroxyl groups excluding tert-OH is 1. The van der Waals surface area contributed by atoms with Gasteiger partial charge in [0.25, 0.3) is 0 Å². The summed E-state index contributed by atoms with van der Waals surface area (Å²) in [7, 11) is -1.87. The number of para-hydroxylation sites is 4. The van der Waals surface area contributed by atoms with Crippen LogP contribution in [0.2, 0.25) is 0 Å². The molecule has 0 bridgehead atoms. The van der Waals surface area contributed by atoms with Gasteiger partial charge in [0, 0.05) is 13.1 Å². The molecule has 11 heteroatoms. The zero-order chi connectivity index (χ0) is 26.2. The maximum absolute atomic E-state index is 13.8. The number of ether oxygens (including phenoxy) is 2. The summed E-state index contributed by atoms with van der Waals surface area (Å²) in [6.07, 6.45) is -3.76. The highest BCUT2D eigenvalue weighted by atomic mass is 32.2. The second-order valence-electron chi connectivity index (χ2n) is 8.85. The van der Waals surface area contributed by atoms with E-state index in [1.165, 1.54) is 19.2 Å². The van der Waals surface area contributed by atoms with E-state index >= 15 is 0 Å². The number of hydrogen-bond acceptors (Lipinski definition) is 6. The Kier molecular flexibility index (Phi) is 6.78. The molecule has 196 valence electrons. The lowest BCUT2D eigenvalue weighted by Crippen LogP contribution is -2.56. The van der Waals surface area contributed by atoms with E-state index in [9.17, 15) is 22.5 Å². The summed E-state index contributed by atoms with van der Waals surface area (Å²) < 4.78 is 68.4. The Morgan fingerprint density at radius 3 is 2.16 bits per heavy atom. The Bertz CT molecular complexity index is 1340. The molecule has 0 spiro atoms. The molecule has 37 heavy (non-hydrogen) atoms. The van der Waals surface area contributed by atoms with Crippen LogP contribution >= 0.6 is 0 Å². The first-order valence-corrected chi connectivity index (χ1v) is 13.3. The molecular formula is C26H26F3N3O4S. The van der Waals surface area contributed by atoms with Gasteiger partial charge in [-0.15, -0.1) is 13.2 Å². The highest BCUT2D eigenvalue weighted by Gasteiger charge is 2.40. The third kappa shape index (κ3) is 5.11. The quantitative estimate of drug-likeness (QED) is 0.435. The second-order valence-corrected chi connectivity index (χ2v) is 11.0. The van der Waals surface area contributed by atoms with Gasteiger partial charge >= 0.3 is 6.36 Å². The zero-order valence-electron chi connectivity index (χ0n) is 19.9. The number of benzene rings is 3. The summed E-state index contributed by atoms with van der Waals surface area (Å²) in [5, 5.41) is 11.6. The molecule has 5 rings (SSSR count). The van der Waals surface area contributed by atoms with E-state index in [2.05, 4.69) is 18.7 Å².